The normalized spacial score (nSPS) is 23.2. The van der Waals surface area contributed by atoms with E-state index in [1.807, 2.05) is 19.1 Å². The second-order valence-electron chi connectivity index (χ2n) is 4.67. The number of hydrogen-bond acceptors (Lipinski definition) is 3. The van der Waals surface area contributed by atoms with Crippen LogP contribution in [0, 0.1) is 6.92 Å². The van der Waals surface area contributed by atoms with E-state index in [2.05, 4.69) is 4.90 Å². The molecule has 1 saturated heterocycles. The lowest BCUT2D eigenvalue weighted by Crippen LogP contribution is -2.36. The zero-order valence-electron chi connectivity index (χ0n) is 9.98. The van der Waals surface area contributed by atoms with E-state index in [1.54, 1.807) is 0 Å². The summed E-state index contributed by atoms with van der Waals surface area (Å²) in [7, 11) is 0. The molecule has 0 bridgehead atoms. The molecule has 1 atom stereocenters. The Bertz CT molecular complexity index is 321. The van der Waals surface area contributed by atoms with Gasteiger partial charge in [-0.15, -0.1) is 0 Å². The molecule has 1 fully saturated rings. The SMILES string of the molecule is Cc1ccc(CN2CCCCCC2CO)o1. The van der Waals surface area contributed by atoms with Gasteiger partial charge >= 0.3 is 0 Å². The molecule has 2 heterocycles. The number of aliphatic hydroxyl groups excluding tert-OH is 1. The molecule has 1 unspecified atom stereocenters. The van der Waals surface area contributed by atoms with Crippen LogP contribution in [0.15, 0.2) is 16.5 Å². The first kappa shape index (κ1) is 11.7. The number of aliphatic hydroxyl groups is 1. The summed E-state index contributed by atoms with van der Waals surface area (Å²) in [5, 5.41) is 9.40. The maximum atomic E-state index is 9.40. The monoisotopic (exact) mass is 223 g/mol. The topological polar surface area (TPSA) is 36.6 Å². The Hall–Kier alpha value is -0.800. The first-order chi connectivity index (χ1) is 7.79. The molecule has 1 N–H and O–H groups in total. The van der Waals surface area contributed by atoms with Crippen molar-refractivity contribution in [1.82, 2.24) is 4.90 Å². The molecule has 90 valence electrons. The molecule has 1 aromatic heterocycles. The van der Waals surface area contributed by atoms with E-state index in [0.717, 1.165) is 31.0 Å². The van der Waals surface area contributed by atoms with E-state index < -0.39 is 0 Å². The number of rotatable bonds is 3. The van der Waals surface area contributed by atoms with Crippen molar-refractivity contribution in [3.05, 3.63) is 23.7 Å². The number of aryl methyl sites for hydroxylation is 1. The zero-order chi connectivity index (χ0) is 11.4. The van der Waals surface area contributed by atoms with Crippen molar-refractivity contribution < 1.29 is 9.52 Å². The minimum atomic E-state index is 0.264. The Morgan fingerprint density at radius 2 is 2.25 bits per heavy atom. The summed E-state index contributed by atoms with van der Waals surface area (Å²) in [5.74, 6) is 1.98. The lowest BCUT2D eigenvalue weighted by atomic mass is 10.1. The summed E-state index contributed by atoms with van der Waals surface area (Å²) in [6, 6.07) is 4.35. The Balaban J connectivity index is 1.99. The molecule has 0 saturated carbocycles. The van der Waals surface area contributed by atoms with Crippen molar-refractivity contribution in [2.75, 3.05) is 13.2 Å². The Kier molecular flexibility index (Phi) is 4.02. The van der Waals surface area contributed by atoms with E-state index in [1.165, 1.54) is 19.3 Å². The number of hydrogen-bond donors (Lipinski definition) is 1. The maximum Gasteiger partial charge on any atom is 0.118 e. The van der Waals surface area contributed by atoms with Gasteiger partial charge in [0.05, 0.1) is 13.2 Å². The highest BCUT2D eigenvalue weighted by Crippen LogP contribution is 2.19. The van der Waals surface area contributed by atoms with Gasteiger partial charge in [0, 0.05) is 6.04 Å². The molecule has 3 nitrogen and oxygen atoms in total. The Morgan fingerprint density at radius 3 is 2.94 bits per heavy atom. The van der Waals surface area contributed by atoms with Crippen molar-refractivity contribution in [2.45, 2.75) is 45.2 Å². The summed E-state index contributed by atoms with van der Waals surface area (Å²) < 4.78 is 5.60. The first-order valence-corrected chi connectivity index (χ1v) is 6.20. The minimum Gasteiger partial charge on any atom is -0.465 e. The van der Waals surface area contributed by atoms with Crippen LogP contribution in [-0.4, -0.2) is 29.2 Å². The van der Waals surface area contributed by atoms with Crippen LogP contribution in [-0.2, 0) is 6.54 Å². The lowest BCUT2D eigenvalue weighted by Gasteiger charge is -2.27. The van der Waals surface area contributed by atoms with Gasteiger partial charge in [0.2, 0.25) is 0 Å². The van der Waals surface area contributed by atoms with Crippen LogP contribution in [0.1, 0.15) is 37.2 Å². The smallest absolute Gasteiger partial charge is 0.118 e. The number of nitrogens with zero attached hydrogens (tertiary/aromatic N) is 1. The third kappa shape index (κ3) is 2.86. The average Bonchev–Trinajstić information content (AvgIpc) is 2.56. The highest BCUT2D eigenvalue weighted by molar-refractivity contribution is 5.05. The summed E-state index contributed by atoms with van der Waals surface area (Å²) in [4.78, 5) is 2.35. The Labute approximate surface area is 97.1 Å². The van der Waals surface area contributed by atoms with Crippen LogP contribution in [0.2, 0.25) is 0 Å². The van der Waals surface area contributed by atoms with Crippen LogP contribution in [0.25, 0.3) is 0 Å². The average molecular weight is 223 g/mol. The largest absolute Gasteiger partial charge is 0.465 e. The van der Waals surface area contributed by atoms with Gasteiger partial charge in [-0.2, -0.15) is 0 Å². The summed E-state index contributed by atoms with van der Waals surface area (Å²) >= 11 is 0. The highest BCUT2D eigenvalue weighted by Gasteiger charge is 2.21. The fraction of sp³-hybridized carbons (Fsp3) is 0.692. The third-order valence-electron chi connectivity index (χ3n) is 3.36. The van der Waals surface area contributed by atoms with Crippen molar-refractivity contribution in [2.24, 2.45) is 0 Å². The predicted octanol–water partition coefficient (Wildman–Crippen LogP) is 2.32. The van der Waals surface area contributed by atoms with Gasteiger partial charge in [-0.25, -0.2) is 0 Å². The molecule has 1 aliphatic heterocycles. The third-order valence-corrected chi connectivity index (χ3v) is 3.36. The van der Waals surface area contributed by atoms with Gasteiger partial charge in [0.25, 0.3) is 0 Å². The molecule has 1 aromatic rings. The molecule has 16 heavy (non-hydrogen) atoms. The van der Waals surface area contributed by atoms with Gasteiger partial charge in [-0.1, -0.05) is 12.8 Å². The van der Waals surface area contributed by atoms with Crippen LogP contribution >= 0.6 is 0 Å². The van der Waals surface area contributed by atoms with Crippen molar-refractivity contribution in [1.29, 1.82) is 0 Å². The zero-order valence-corrected chi connectivity index (χ0v) is 9.98. The van der Waals surface area contributed by atoms with E-state index in [9.17, 15) is 5.11 Å². The van der Waals surface area contributed by atoms with Gasteiger partial charge < -0.3 is 9.52 Å². The molecule has 0 aromatic carbocycles. The van der Waals surface area contributed by atoms with Gasteiger partial charge in [0.15, 0.2) is 0 Å². The lowest BCUT2D eigenvalue weighted by molar-refractivity contribution is 0.111. The molecule has 2 rings (SSSR count). The molecule has 0 aliphatic carbocycles. The quantitative estimate of drug-likeness (QED) is 0.854. The second-order valence-corrected chi connectivity index (χ2v) is 4.67. The van der Waals surface area contributed by atoms with Crippen molar-refractivity contribution >= 4 is 0 Å². The van der Waals surface area contributed by atoms with Gasteiger partial charge in [-0.05, 0) is 38.4 Å². The fourth-order valence-electron chi connectivity index (χ4n) is 2.42. The maximum absolute atomic E-state index is 9.40. The van der Waals surface area contributed by atoms with Crippen LogP contribution in [0.5, 0.6) is 0 Å². The highest BCUT2D eigenvalue weighted by atomic mass is 16.3. The minimum absolute atomic E-state index is 0.264. The molecule has 0 radical (unpaired) electrons. The molecule has 3 heteroatoms. The van der Waals surface area contributed by atoms with E-state index >= 15 is 0 Å². The van der Waals surface area contributed by atoms with Crippen molar-refractivity contribution in [3.8, 4) is 0 Å². The summed E-state index contributed by atoms with van der Waals surface area (Å²) in [6.07, 6.45) is 4.86. The molecule has 1 aliphatic rings. The van der Waals surface area contributed by atoms with E-state index in [4.69, 9.17) is 4.42 Å². The first-order valence-electron chi connectivity index (χ1n) is 6.20. The van der Waals surface area contributed by atoms with E-state index in [-0.39, 0.29) is 6.61 Å². The molecule has 0 spiro atoms. The van der Waals surface area contributed by atoms with Gasteiger partial charge in [0.1, 0.15) is 11.5 Å². The predicted molar refractivity (Wildman–Crippen MR) is 63.2 cm³/mol. The molecule has 0 amide bonds. The van der Waals surface area contributed by atoms with Crippen LogP contribution < -0.4 is 0 Å². The fourth-order valence-corrected chi connectivity index (χ4v) is 2.42. The summed E-state index contributed by atoms with van der Waals surface area (Å²) in [6.45, 7) is 4.14. The number of furan rings is 1. The van der Waals surface area contributed by atoms with Crippen molar-refractivity contribution in [3.63, 3.8) is 0 Å². The second kappa shape index (κ2) is 5.51. The standard InChI is InChI=1S/C13H21NO2/c1-11-6-7-13(16-11)9-14-8-4-2-3-5-12(14)10-15/h6-7,12,15H,2-5,8-10H2,1H3. The van der Waals surface area contributed by atoms with E-state index in [0.29, 0.717) is 6.04 Å². The Morgan fingerprint density at radius 1 is 1.38 bits per heavy atom. The van der Waals surface area contributed by atoms with Crippen LogP contribution in [0.4, 0.5) is 0 Å². The van der Waals surface area contributed by atoms with Gasteiger partial charge in [-0.3, -0.25) is 4.90 Å². The summed E-state index contributed by atoms with van der Waals surface area (Å²) in [5.41, 5.74) is 0. The number of likely N-dealkylation sites (tertiary alicyclic amines) is 1. The molecular formula is C13H21NO2. The van der Waals surface area contributed by atoms with Crippen LogP contribution in [0.3, 0.4) is 0 Å². The molecular weight excluding hydrogens is 202 g/mol.